The van der Waals surface area contributed by atoms with Gasteiger partial charge in [-0.25, -0.2) is 4.79 Å². The van der Waals surface area contributed by atoms with Crippen molar-refractivity contribution < 1.29 is 9.59 Å². The molecule has 3 rings (SSSR count). The Hall–Kier alpha value is -2.41. The van der Waals surface area contributed by atoms with Crippen molar-refractivity contribution in [3.8, 4) is 0 Å². The maximum absolute atomic E-state index is 13.1. The predicted molar refractivity (Wildman–Crippen MR) is 109 cm³/mol. The Bertz CT molecular complexity index is 652. The lowest BCUT2D eigenvalue weighted by molar-refractivity contribution is -0.129. The van der Waals surface area contributed by atoms with E-state index in [-0.39, 0.29) is 18.0 Å². The molecule has 0 spiro atoms. The van der Waals surface area contributed by atoms with Crippen LogP contribution >= 0.6 is 0 Å². The van der Waals surface area contributed by atoms with Gasteiger partial charge in [-0.3, -0.25) is 14.7 Å². The molecule has 2 fully saturated rings. The number of urea groups is 1. The van der Waals surface area contributed by atoms with Gasteiger partial charge in [0, 0.05) is 38.9 Å². The Labute approximate surface area is 167 Å². The third-order valence-corrected chi connectivity index (χ3v) is 5.68. The maximum Gasteiger partial charge on any atom is 0.317 e. The molecule has 2 heterocycles. The monoisotopic (exact) mass is 385 g/mol. The summed E-state index contributed by atoms with van der Waals surface area (Å²) in [5, 5.41) is 5.91. The molecular formula is C21H31N5O2. The highest BCUT2D eigenvalue weighted by Gasteiger charge is 2.37. The van der Waals surface area contributed by atoms with E-state index < -0.39 is 0 Å². The quantitative estimate of drug-likeness (QED) is 0.702. The number of rotatable bonds is 7. The molecule has 152 valence electrons. The predicted octanol–water partition coefficient (Wildman–Crippen LogP) is 1.77. The zero-order valence-electron chi connectivity index (χ0n) is 16.5. The average molecular weight is 386 g/mol. The Balaban J connectivity index is 1.58. The summed E-state index contributed by atoms with van der Waals surface area (Å²) in [6.45, 7) is 7.27. The van der Waals surface area contributed by atoms with Crippen molar-refractivity contribution in [2.24, 2.45) is 5.92 Å². The molecule has 1 saturated heterocycles. The number of nitrogens with zero attached hydrogens (tertiary/aromatic N) is 3. The van der Waals surface area contributed by atoms with Crippen LogP contribution in [-0.4, -0.2) is 65.5 Å². The molecule has 0 bridgehead atoms. The van der Waals surface area contributed by atoms with Gasteiger partial charge in [0.05, 0.1) is 18.3 Å². The van der Waals surface area contributed by atoms with Gasteiger partial charge >= 0.3 is 6.03 Å². The van der Waals surface area contributed by atoms with Crippen molar-refractivity contribution in [1.82, 2.24) is 25.4 Å². The van der Waals surface area contributed by atoms with Crippen LogP contribution in [0.25, 0.3) is 0 Å². The second-order valence-electron chi connectivity index (χ2n) is 7.53. The number of carbonyl (C=O) groups is 2. The molecule has 1 aromatic heterocycles. The molecule has 2 aliphatic rings. The second-order valence-corrected chi connectivity index (χ2v) is 7.53. The largest absolute Gasteiger partial charge is 0.349 e. The van der Waals surface area contributed by atoms with E-state index in [0.717, 1.165) is 31.6 Å². The van der Waals surface area contributed by atoms with Gasteiger partial charge in [-0.15, -0.1) is 6.58 Å². The number of nitrogens with one attached hydrogen (secondary N) is 2. The van der Waals surface area contributed by atoms with Crippen molar-refractivity contribution >= 4 is 11.9 Å². The first-order valence-electron chi connectivity index (χ1n) is 10.2. The summed E-state index contributed by atoms with van der Waals surface area (Å²) in [5.74, 6) is 0.479. The lowest BCUT2D eigenvalue weighted by atomic mass is 9.95. The normalized spacial score (nSPS) is 19.2. The zero-order chi connectivity index (χ0) is 19.8. The minimum Gasteiger partial charge on any atom is -0.349 e. The standard InChI is InChI=1S/C21H31N5O2/c1-2-10-23-21(28)26-14-12-25(13-15-26)19(17-7-3-4-8-17)20(27)24-16-18-9-5-6-11-22-18/h2,5-6,9,11,17,19H,1,3-4,7-8,10,12-16H2,(H,23,28)(H,24,27). The van der Waals surface area contributed by atoms with E-state index in [2.05, 4.69) is 27.1 Å². The summed E-state index contributed by atoms with van der Waals surface area (Å²) in [6.07, 6.45) is 8.00. The number of carbonyl (C=O) groups excluding carboxylic acids is 2. The third kappa shape index (κ3) is 5.32. The van der Waals surface area contributed by atoms with Crippen molar-refractivity contribution in [2.45, 2.75) is 38.3 Å². The van der Waals surface area contributed by atoms with E-state index in [0.29, 0.717) is 32.1 Å². The summed E-state index contributed by atoms with van der Waals surface area (Å²) in [6, 6.07) is 5.55. The number of hydrogen-bond donors (Lipinski definition) is 2. The molecular weight excluding hydrogens is 354 g/mol. The summed E-state index contributed by atoms with van der Waals surface area (Å²) in [7, 11) is 0. The maximum atomic E-state index is 13.1. The Kier molecular flexibility index (Phi) is 7.42. The first kappa shape index (κ1) is 20.3. The fourth-order valence-corrected chi connectivity index (χ4v) is 4.21. The van der Waals surface area contributed by atoms with Gasteiger partial charge in [-0.05, 0) is 30.9 Å². The van der Waals surface area contributed by atoms with Crippen LogP contribution in [0, 0.1) is 5.92 Å². The summed E-state index contributed by atoms with van der Waals surface area (Å²) >= 11 is 0. The SMILES string of the molecule is C=CCNC(=O)N1CCN(C(C(=O)NCc2ccccn2)C2CCCC2)CC1. The number of hydrogen-bond acceptors (Lipinski definition) is 4. The lowest BCUT2D eigenvalue weighted by Crippen LogP contribution is -2.59. The highest BCUT2D eigenvalue weighted by atomic mass is 16.2. The highest BCUT2D eigenvalue weighted by Crippen LogP contribution is 2.31. The number of aromatic nitrogens is 1. The van der Waals surface area contributed by atoms with Crippen LogP contribution in [0.1, 0.15) is 31.4 Å². The van der Waals surface area contributed by atoms with Gasteiger partial charge in [-0.1, -0.05) is 25.0 Å². The van der Waals surface area contributed by atoms with Crippen LogP contribution in [0.3, 0.4) is 0 Å². The topological polar surface area (TPSA) is 77.6 Å². The average Bonchev–Trinajstić information content (AvgIpc) is 3.26. The van der Waals surface area contributed by atoms with Gasteiger partial charge in [-0.2, -0.15) is 0 Å². The first-order valence-corrected chi connectivity index (χ1v) is 10.2. The van der Waals surface area contributed by atoms with E-state index in [9.17, 15) is 9.59 Å². The van der Waals surface area contributed by atoms with E-state index in [4.69, 9.17) is 0 Å². The van der Waals surface area contributed by atoms with Crippen molar-refractivity contribution in [1.29, 1.82) is 0 Å². The number of piperazine rings is 1. The molecule has 0 aromatic carbocycles. The number of pyridine rings is 1. The van der Waals surface area contributed by atoms with E-state index in [1.165, 1.54) is 12.8 Å². The highest BCUT2D eigenvalue weighted by molar-refractivity contribution is 5.82. The van der Waals surface area contributed by atoms with Crippen LogP contribution in [-0.2, 0) is 11.3 Å². The molecule has 1 saturated carbocycles. The minimum atomic E-state index is -0.121. The van der Waals surface area contributed by atoms with Crippen molar-refractivity contribution in [3.63, 3.8) is 0 Å². The zero-order valence-corrected chi connectivity index (χ0v) is 16.5. The van der Waals surface area contributed by atoms with E-state index in [1.54, 1.807) is 12.3 Å². The van der Waals surface area contributed by atoms with E-state index >= 15 is 0 Å². The fraction of sp³-hybridized carbons (Fsp3) is 0.571. The molecule has 1 aliphatic heterocycles. The second kappa shape index (κ2) is 10.2. The summed E-state index contributed by atoms with van der Waals surface area (Å²) < 4.78 is 0. The molecule has 7 heteroatoms. The van der Waals surface area contributed by atoms with Gasteiger partial charge in [0.25, 0.3) is 0 Å². The Morgan fingerprint density at radius 3 is 2.57 bits per heavy atom. The first-order chi connectivity index (χ1) is 13.7. The number of amides is 3. The Morgan fingerprint density at radius 2 is 1.93 bits per heavy atom. The third-order valence-electron chi connectivity index (χ3n) is 5.68. The summed E-state index contributed by atoms with van der Waals surface area (Å²) in [4.78, 5) is 33.6. The van der Waals surface area contributed by atoms with E-state index in [1.807, 2.05) is 23.1 Å². The van der Waals surface area contributed by atoms with Crippen molar-refractivity contribution in [2.75, 3.05) is 32.7 Å². The molecule has 1 aliphatic carbocycles. The van der Waals surface area contributed by atoms with Gasteiger partial charge in [0.2, 0.25) is 5.91 Å². The van der Waals surface area contributed by atoms with Gasteiger partial charge in [0.15, 0.2) is 0 Å². The Morgan fingerprint density at radius 1 is 1.18 bits per heavy atom. The molecule has 28 heavy (non-hydrogen) atoms. The molecule has 7 nitrogen and oxygen atoms in total. The van der Waals surface area contributed by atoms with Gasteiger partial charge < -0.3 is 15.5 Å². The molecule has 1 aromatic rings. The lowest BCUT2D eigenvalue weighted by Gasteiger charge is -2.40. The molecule has 3 amide bonds. The van der Waals surface area contributed by atoms with Crippen LogP contribution in [0.2, 0.25) is 0 Å². The van der Waals surface area contributed by atoms with Crippen LogP contribution in [0.5, 0.6) is 0 Å². The fourth-order valence-electron chi connectivity index (χ4n) is 4.21. The van der Waals surface area contributed by atoms with Crippen LogP contribution in [0.4, 0.5) is 4.79 Å². The van der Waals surface area contributed by atoms with Crippen LogP contribution in [0.15, 0.2) is 37.1 Å². The molecule has 2 N–H and O–H groups in total. The van der Waals surface area contributed by atoms with Crippen LogP contribution < -0.4 is 10.6 Å². The molecule has 1 unspecified atom stereocenters. The molecule has 1 atom stereocenters. The molecule has 0 radical (unpaired) electrons. The minimum absolute atomic E-state index is 0.0587. The smallest absolute Gasteiger partial charge is 0.317 e. The van der Waals surface area contributed by atoms with Gasteiger partial charge in [0.1, 0.15) is 0 Å². The van der Waals surface area contributed by atoms with Crippen molar-refractivity contribution in [3.05, 3.63) is 42.7 Å². The summed E-state index contributed by atoms with van der Waals surface area (Å²) in [5.41, 5.74) is 0.865.